The van der Waals surface area contributed by atoms with Crippen LogP contribution < -0.4 is 5.11 Å². The highest BCUT2D eigenvalue weighted by Crippen LogP contribution is 2.12. The topological polar surface area (TPSA) is 102 Å². The van der Waals surface area contributed by atoms with Crippen LogP contribution in [0.2, 0.25) is 0 Å². The van der Waals surface area contributed by atoms with Crippen molar-refractivity contribution in [1.82, 2.24) is 0 Å². The van der Waals surface area contributed by atoms with Crippen molar-refractivity contribution in [2.45, 2.75) is 142 Å². The molecule has 0 aliphatic carbocycles. The second-order valence-corrected chi connectivity index (χ2v) is 15.1. The Morgan fingerprint density at radius 2 is 0.982 bits per heavy atom. The quantitative estimate of drug-likeness (QED) is 0.0269. The summed E-state index contributed by atoms with van der Waals surface area (Å²) in [7, 11) is 5.36. The van der Waals surface area contributed by atoms with E-state index in [0.717, 1.165) is 70.6 Å². The van der Waals surface area contributed by atoms with E-state index in [-0.39, 0.29) is 55.5 Å². The van der Waals surface area contributed by atoms with Gasteiger partial charge in [-0.15, -0.1) is 0 Å². The second-order valence-electron chi connectivity index (χ2n) is 15.1. The van der Waals surface area contributed by atoms with Crippen LogP contribution in [-0.4, -0.2) is 75.5 Å². The van der Waals surface area contributed by atoms with Gasteiger partial charge in [-0.25, -0.2) is 0 Å². The molecule has 2 atom stereocenters. The summed E-state index contributed by atoms with van der Waals surface area (Å²) < 4.78 is 17.1. The molecule has 8 heteroatoms. The Hall–Kier alpha value is -4.01. The molecule has 0 fully saturated rings. The first-order valence-electron chi connectivity index (χ1n) is 21.5. The lowest BCUT2D eigenvalue weighted by atomic mass is 10.1. The number of esters is 2. The molecule has 0 saturated carbocycles. The highest BCUT2D eigenvalue weighted by molar-refractivity contribution is 5.70. The first-order chi connectivity index (χ1) is 27.6. The number of quaternary nitrogens is 1. The SMILES string of the molecule is CC/C=C/C=C/C=C/C=C/C=C/CCCCCC(=O)OCC(COCCC(C(=O)[O-])[N+](C)(C)C)OC(=O)CCCCCCC/C=C/C=C/C=C/C=C/CCCCC. The highest BCUT2D eigenvalue weighted by atomic mass is 16.6. The molecular weight excluding hydrogens is 715 g/mol. The largest absolute Gasteiger partial charge is 0.544 e. The number of carbonyl (C=O) groups excluding carboxylic acids is 3. The number of hydrogen-bond donors (Lipinski definition) is 0. The molecule has 0 N–H and O–H groups in total. The Balaban J connectivity index is 4.53. The molecule has 0 radical (unpaired) electrons. The zero-order valence-corrected chi connectivity index (χ0v) is 36.2. The van der Waals surface area contributed by atoms with E-state index in [1.807, 2.05) is 60.8 Å². The predicted molar refractivity (Wildman–Crippen MR) is 235 cm³/mol. The zero-order valence-electron chi connectivity index (χ0n) is 36.2. The Morgan fingerprint density at radius 3 is 1.47 bits per heavy atom. The van der Waals surface area contributed by atoms with Gasteiger partial charge < -0.3 is 28.6 Å². The fourth-order valence-corrected chi connectivity index (χ4v) is 5.51. The van der Waals surface area contributed by atoms with Gasteiger partial charge in [0.15, 0.2) is 6.10 Å². The normalized spacial score (nSPS) is 14.1. The van der Waals surface area contributed by atoms with Crippen LogP contribution in [0.15, 0.2) is 109 Å². The first-order valence-corrected chi connectivity index (χ1v) is 21.5. The molecule has 8 nitrogen and oxygen atoms in total. The van der Waals surface area contributed by atoms with E-state index in [1.54, 1.807) is 21.1 Å². The monoisotopic (exact) mass is 792 g/mol. The van der Waals surface area contributed by atoms with E-state index in [0.29, 0.717) is 6.42 Å². The van der Waals surface area contributed by atoms with Crippen molar-refractivity contribution in [1.29, 1.82) is 0 Å². The fraction of sp³-hybridized carbons (Fsp3) is 0.571. The van der Waals surface area contributed by atoms with Crippen LogP contribution >= 0.6 is 0 Å². The maximum absolute atomic E-state index is 12.7. The number of likely N-dealkylation sites (N-methyl/N-ethyl adjacent to an activating group) is 1. The van der Waals surface area contributed by atoms with Crippen molar-refractivity contribution >= 4 is 17.9 Å². The molecule has 0 bridgehead atoms. The third-order valence-electron chi connectivity index (χ3n) is 8.87. The van der Waals surface area contributed by atoms with Crippen LogP contribution in [0.25, 0.3) is 0 Å². The zero-order chi connectivity index (χ0) is 42.1. The number of rotatable bonds is 36. The minimum absolute atomic E-state index is 0.00860. The molecule has 0 aromatic carbocycles. The number of nitrogens with zero attached hydrogens (tertiary/aromatic N) is 1. The van der Waals surface area contributed by atoms with E-state index >= 15 is 0 Å². The lowest BCUT2D eigenvalue weighted by molar-refractivity contribution is -0.889. The van der Waals surface area contributed by atoms with E-state index in [4.69, 9.17) is 14.2 Å². The summed E-state index contributed by atoms with van der Waals surface area (Å²) in [6.07, 6.45) is 52.5. The number of ether oxygens (including phenoxy) is 3. The number of aliphatic carboxylic acids is 1. The Morgan fingerprint density at radius 1 is 0.544 bits per heavy atom. The average molecular weight is 792 g/mol. The van der Waals surface area contributed by atoms with E-state index in [2.05, 4.69) is 62.5 Å². The van der Waals surface area contributed by atoms with Gasteiger partial charge in [0.25, 0.3) is 0 Å². The van der Waals surface area contributed by atoms with E-state index in [1.165, 1.54) is 19.3 Å². The van der Waals surface area contributed by atoms with Gasteiger partial charge in [-0.1, -0.05) is 162 Å². The fourth-order valence-electron chi connectivity index (χ4n) is 5.51. The molecule has 0 rings (SSSR count). The molecule has 2 unspecified atom stereocenters. The number of unbranched alkanes of at least 4 members (excludes halogenated alkanes) is 11. The van der Waals surface area contributed by atoms with Crippen LogP contribution in [-0.2, 0) is 28.6 Å². The molecule has 0 saturated heterocycles. The Kier molecular flexibility index (Phi) is 36.1. The number of carboxylic acids is 1. The molecule has 0 aliphatic heterocycles. The molecule has 57 heavy (non-hydrogen) atoms. The van der Waals surface area contributed by atoms with E-state index < -0.39 is 18.1 Å². The first kappa shape index (κ1) is 53.0. The lowest BCUT2D eigenvalue weighted by Crippen LogP contribution is -2.55. The molecule has 0 heterocycles. The van der Waals surface area contributed by atoms with Crippen molar-refractivity contribution in [2.75, 3.05) is 41.0 Å². The minimum Gasteiger partial charge on any atom is -0.544 e. The highest BCUT2D eigenvalue weighted by Gasteiger charge is 2.25. The van der Waals surface area contributed by atoms with Crippen molar-refractivity contribution in [3.8, 4) is 0 Å². The summed E-state index contributed by atoms with van der Waals surface area (Å²) in [5.74, 6) is -1.84. The summed E-state index contributed by atoms with van der Waals surface area (Å²) in [5, 5.41) is 11.6. The van der Waals surface area contributed by atoms with Crippen LogP contribution in [0.5, 0.6) is 0 Å². The van der Waals surface area contributed by atoms with Crippen molar-refractivity contribution in [2.24, 2.45) is 0 Å². The number of hydrogen-bond acceptors (Lipinski definition) is 7. The van der Waals surface area contributed by atoms with Gasteiger partial charge in [0.1, 0.15) is 12.6 Å². The van der Waals surface area contributed by atoms with Crippen molar-refractivity contribution in [3.63, 3.8) is 0 Å². The molecular formula is C49H77NO7. The lowest BCUT2D eigenvalue weighted by Gasteiger charge is -2.34. The number of carboxylic acid groups (broad SMARTS) is 1. The van der Waals surface area contributed by atoms with Gasteiger partial charge in [0, 0.05) is 19.3 Å². The van der Waals surface area contributed by atoms with Gasteiger partial charge in [0.2, 0.25) is 0 Å². The van der Waals surface area contributed by atoms with Crippen molar-refractivity contribution in [3.05, 3.63) is 109 Å². The second kappa shape index (κ2) is 38.8. The number of allylic oxidation sites excluding steroid dienone is 18. The van der Waals surface area contributed by atoms with E-state index in [9.17, 15) is 19.5 Å². The molecule has 0 aliphatic rings. The smallest absolute Gasteiger partial charge is 0.306 e. The summed E-state index contributed by atoms with van der Waals surface area (Å²) >= 11 is 0. The molecule has 0 spiro atoms. The standard InChI is InChI=1S/C49H77NO7/c1-6-8-10-12-14-16-18-20-22-23-24-26-28-30-32-34-36-38-40-48(52)57-45(43-55-42-41-46(49(53)54)50(3,4)5)44-56-47(51)39-37-35-33-31-29-27-25-21-19-17-15-13-11-9-7-2/h9,11,13-27,29,45-46H,6-8,10,12,28,30-44H2,1-5H3/b11-9+,15-13+,16-14+,19-17+,20-18+,23-22+,25-21+,26-24+,29-27+. The average Bonchev–Trinajstić information content (AvgIpc) is 3.17. The third-order valence-corrected chi connectivity index (χ3v) is 8.87. The van der Waals surface area contributed by atoms with Crippen LogP contribution in [0.4, 0.5) is 0 Å². The summed E-state index contributed by atoms with van der Waals surface area (Å²) in [6.45, 7) is 4.37. The molecule has 320 valence electrons. The maximum atomic E-state index is 12.7. The van der Waals surface area contributed by atoms with Gasteiger partial charge in [-0.3, -0.25) is 9.59 Å². The van der Waals surface area contributed by atoms with Crippen molar-refractivity contribution < 1.29 is 38.2 Å². The maximum Gasteiger partial charge on any atom is 0.306 e. The summed E-state index contributed by atoms with van der Waals surface area (Å²) in [6, 6.07) is -0.744. The van der Waals surface area contributed by atoms with Crippen LogP contribution in [0.1, 0.15) is 129 Å². The third kappa shape index (κ3) is 37.3. The summed E-state index contributed by atoms with van der Waals surface area (Å²) in [5.41, 5.74) is 0. The summed E-state index contributed by atoms with van der Waals surface area (Å²) in [4.78, 5) is 36.8. The molecule has 0 amide bonds. The van der Waals surface area contributed by atoms with Crippen LogP contribution in [0.3, 0.4) is 0 Å². The molecule has 0 aromatic heterocycles. The predicted octanol–water partition coefficient (Wildman–Crippen LogP) is 10.4. The van der Waals surface area contributed by atoms with Gasteiger partial charge in [-0.2, -0.15) is 0 Å². The Labute approximate surface area is 347 Å². The minimum atomic E-state index is -1.14. The Bertz CT molecular complexity index is 1290. The van der Waals surface area contributed by atoms with Crippen LogP contribution in [0, 0.1) is 0 Å². The molecule has 0 aromatic rings. The van der Waals surface area contributed by atoms with Gasteiger partial charge in [0.05, 0.1) is 40.3 Å². The van der Waals surface area contributed by atoms with Gasteiger partial charge in [-0.05, 0) is 57.8 Å². The number of carbonyl (C=O) groups is 3. The van der Waals surface area contributed by atoms with Gasteiger partial charge >= 0.3 is 11.9 Å².